The molecule has 0 spiro atoms. The van der Waals surface area contributed by atoms with Crippen LogP contribution in [0.2, 0.25) is 10.0 Å². The van der Waals surface area contributed by atoms with Crippen LogP contribution in [0.5, 0.6) is 5.75 Å². The topological polar surface area (TPSA) is 26.3 Å². The van der Waals surface area contributed by atoms with Crippen molar-refractivity contribution in [2.75, 3.05) is 0 Å². The van der Waals surface area contributed by atoms with Crippen molar-refractivity contribution in [2.45, 2.75) is 0 Å². The molecule has 2 aromatic carbocycles. The van der Waals surface area contributed by atoms with Crippen LogP contribution in [0.15, 0.2) is 42.5 Å². The van der Waals surface area contributed by atoms with Gasteiger partial charge >= 0.3 is 5.97 Å². The van der Waals surface area contributed by atoms with Gasteiger partial charge in [0.2, 0.25) is 0 Å². The van der Waals surface area contributed by atoms with Crippen molar-refractivity contribution in [1.29, 1.82) is 0 Å². The van der Waals surface area contributed by atoms with Crippen molar-refractivity contribution in [3.05, 3.63) is 61.6 Å². The molecule has 0 amide bonds. The average molecular weight is 393 g/mol. The standard InChI is InChI=1S/C13H7Cl2IO2/c14-9-4-5-11(15)12(7-9)18-13(17)8-2-1-3-10(16)6-8/h1-7H. The summed E-state index contributed by atoms with van der Waals surface area (Å²) in [5.74, 6) is -0.203. The highest BCUT2D eigenvalue weighted by Gasteiger charge is 2.11. The molecule has 0 fully saturated rings. The minimum atomic E-state index is -0.460. The lowest BCUT2D eigenvalue weighted by atomic mass is 10.2. The molecule has 2 rings (SSSR count). The van der Waals surface area contributed by atoms with Crippen LogP contribution in [0.25, 0.3) is 0 Å². The molecule has 2 nitrogen and oxygen atoms in total. The van der Waals surface area contributed by atoms with Crippen molar-refractivity contribution < 1.29 is 9.53 Å². The fourth-order valence-corrected chi connectivity index (χ4v) is 2.19. The summed E-state index contributed by atoms with van der Waals surface area (Å²) < 4.78 is 6.17. The first-order valence-electron chi connectivity index (χ1n) is 4.99. The molecule has 5 heteroatoms. The lowest BCUT2D eigenvalue weighted by molar-refractivity contribution is 0.0735. The normalized spacial score (nSPS) is 10.2. The quantitative estimate of drug-likeness (QED) is 0.416. The third-order valence-electron chi connectivity index (χ3n) is 2.16. The Hall–Kier alpha value is -0.780. The Morgan fingerprint density at radius 2 is 1.89 bits per heavy atom. The van der Waals surface area contributed by atoms with Crippen LogP contribution in [0.1, 0.15) is 10.4 Å². The Bertz CT molecular complexity index is 599. The molecule has 0 atom stereocenters. The zero-order valence-corrected chi connectivity index (χ0v) is 12.7. The van der Waals surface area contributed by atoms with Gasteiger partial charge in [0.05, 0.1) is 10.6 Å². The SMILES string of the molecule is O=C(Oc1cc(Cl)ccc1Cl)c1cccc(I)c1. The first-order valence-corrected chi connectivity index (χ1v) is 6.82. The highest BCUT2D eigenvalue weighted by molar-refractivity contribution is 14.1. The Morgan fingerprint density at radius 3 is 2.61 bits per heavy atom. The van der Waals surface area contributed by atoms with Gasteiger partial charge in [0.15, 0.2) is 5.75 Å². The third kappa shape index (κ3) is 3.37. The van der Waals surface area contributed by atoms with Gasteiger partial charge in [-0.05, 0) is 52.9 Å². The Morgan fingerprint density at radius 1 is 1.11 bits per heavy atom. The van der Waals surface area contributed by atoms with Gasteiger partial charge in [-0.25, -0.2) is 4.79 Å². The summed E-state index contributed by atoms with van der Waals surface area (Å²) in [5.41, 5.74) is 0.470. The molecule has 0 saturated carbocycles. The summed E-state index contributed by atoms with van der Waals surface area (Å²) in [6.45, 7) is 0. The van der Waals surface area contributed by atoms with E-state index in [1.54, 1.807) is 30.3 Å². The molecular formula is C13H7Cl2IO2. The van der Waals surface area contributed by atoms with Crippen LogP contribution >= 0.6 is 45.8 Å². The van der Waals surface area contributed by atoms with Crippen LogP contribution in [0.3, 0.4) is 0 Å². The molecular weight excluding hydrogens is 386 g/mol. The zero-order valence-electron chi connectivity index (χ0n) is 8.99. The van der Waals surface area contributed by atoms with E-state index in [4.69, 9.17) is 27.9 Å². The van der Waals surface area contributed by atoms with E-state index in [-0.39, 0.29) is 5.75 Å². The molecule has 0 saturated heterocycles. The first-order chi connectivity index (χ1) is 8.56. The molecule has 0 aromatic heterocycles. The largest absolute Gasteiger partial charge is 0.421 e. The first kappa shape index (κ1) is 13.6. The molecule has 18 heavy (non-hydrogen) atoms. The minimum Gasteiger partial charge on any atom is -0.421 e. The van der Waals surface area contributed by atoms with Gasteiger partial charge < -0.3 is 4.74 Å². The molecule has 2 aromatic rings. The highest BCUT2D eigenvalue weighted by Crippen LogP contribution is 2.28. The molecule has 92 valence electrons. The number of ether oxygens (including phenoxy) is 1. The second-order valence-corrected chi connectivity index (χ2v) is 5.56. The Labute approximate surface area is 128 Å². The van der Waals surface area contributed by atoms with Crippen molar-refractivity contribution in [2.24, 2.45) is 0 Å². The molecule has 0 aliphatic rings. The van der Waals surface area contributed by atoms with Crippen molar-refractivity contribution in [1.82, 2.24) is 0 Å². The summed E-state index contributed by atoms with van der Waals surface area (Å²) in [6, 6.07) is 11.8. The number of benzene rings is 2. The Balaban J connectivity index is 2.24. The number of carbonyl (C=O) groups is 1. The van der Waals surface area contributed by atoms with Gasteiger partial charge in [0.1, 0.15) is 0 Å². The molecule has 0 radical (unpaired) electrons. The second-order valence-electron chi connectivity index (χ2n) is 3.47. The summed E-state index contributed by atoms with van der Waals surface area (Å²) in [4.78, 5) is 11.9. The molecule has 0 aliphatic heterocycles. The van der Waals surface area contributed by atoms with Gasteiger partial charge in [-0.15, -0.1) is 0 Å². The van der Waals surface area contributed by atoms with E-state index < -0.39 is 5.97 Å². The highest BCUT2D eigenvalue weighted by atomic mass is 127. The third-order valence-corrected chi connectivity index (χ3v) is 3.37. The van der Waals surface area contributed by atoms with Crippen LogP contribution in [-0.4, -0.2) is 5.97 Å². The van der Waals surface area contributed by atoms with Gasteiger partial charge in [-0.2, -0.15) is 0 Å². The van der Waals surface area contributed by atoms with Gasteiger partial charge in [0, 0.05) is 14.7 Å². The van der Waals surface area contributed by atoms with E-state index in [9.17, 15) is 4.79 Å². The number of carbonyl (C=O) groups excluding carboxylic acids is 1. The lowest BCUT2D eigenvalue weighted by Crippen LogP contribution is -2.08. The number of esters is 1. The molecule has 0 N–H and O–H groups in total. The zero-order chi connectivity index (χ0) is 13.1. The minimum absolute atomic E-state index is 0.257. The van der Waals surface area contributed by atoms with Gasteiger partial charge in [-0.1, -0.05) is 29.3 Å². The fraction of sp³-hybridized carbons (Fsp3) is 0. The number of rotatable bonds is 2. The van der Waals surface area contributed by atoms with Crippen molar-refractivity contribution in [3.63, 3.8) is 0 Å². The van der Waals surface area contributed by atoms with Crippen LogP contribution in [0.4, 0.5) is 0 Å². The van der Waals surface area contributed by atoms with Gasteiger partial charge in [0.25, 0.3) is 0 Å². The average Bonchev–Trinajstić information content (AvgIpc) is 2.34. The van der Waals surface area contributed by atoms with Crippen LogP contribution in [0, 0.1) is 3.57 Å². The van der Waals surface area contributed by atoms with Crippen molar-refractivity contribution in [3.8, 4) is 5.75 Å². The van der Waals surface area contributed by atoms with Crippen molar-refractivity contribution >= 4 is 51.8 Å². The summed E-state index contributed by atoms with van der Waals surface area (Å²) in [6.07, 6.45) is 0. The smallest absolute Gasteiger partial charge is 0.343 e. The van der Waals surface area contributed by atoms with E-state index in [0.717, 1.165) is 3.57 Å². The van der Waals surface area contributed by atoms with E-state index >= 15 is 0 Å². The van der Waals surface area contributed by atoms with Gasteiger partial charge in [-0.3, -0.25) is 0 Å². The molecule has 0 bridgehead atoms. The number of hydrogen-bond donors (Lipinski definition) is 0. The molecule has 0 heterocycles. The predicted molar refractivity (Wildman–Crippen MR) is 80.6 cm³/mol. The molecule has 0 unspecified atom stereocenters. The summed E-state index contributed by atoms with van der Waals surface area (Å²) in [7, 11) is 0. The number of halogens is 3. The number of hydrogen-bond acceptors (Lipinski definition) is 2. The lowest BCUT2D eigenvalue weighted by Gasteiger charge is -2.06. The van der Waals surface area contributed by atoms with E-state index in [1.165, 1.54) is 6.07 Å². The van der Waals surface area contributed by atoms with Crippen LogP contribution in [-0.2, 0) is 0 Å². The Kier molecular flexibility index (Phi) is 4.48. The maximum absolute atomic E-state index is 11.9. The molecule has 0 aliphatic carbocycles. The maximum atomic E-state index is 11.9. The summed E-state index contributed by atoms with van der Waals surface area (Å²) >= 11 is 13.9. The van der Waals surface area contributed by atoms with E-state index in [0.29, 0.717) is 15.6 Å². The second kappa shape index (κ2) is 5.91. The van der Waals surface area contributed by atoms with Crippen LogP contribution < -0.4 is 4.74 Å². The maximum Gasteiger partial charge on any atom is 0.343 e. The van der Waals surface area contributed by atoms with E-state index in [2.05, 4.69) is 22.6 Å². The fourth-order valence-electron chi connectivity index (χ4n) is 1.33. The monoisotopic (exact) mass is 392 g/mol. The van der Waals surface area contributed by atoms with E-state index in [1.807, 2.05) is 6.07 Å². The summed E-state index contributed by atoms with van der Waals surface area (Å²) in [5, 5.41) is 0.809. The predicted octanol–water partition coefficient (Wildman–Crippen LogP) is 4.82.